The lowest BCUT2D eigenvalue weighted by Gasteiger charge is -2.29. The van der Waals surface area contributed by atoms with Crippen LogP contribution in [0.5, 0.6) is 0 Å². The van der Waals surface area contributed by atoms with E-state index < -0.39 is 0 Å². The minimum absolute atomic E-state index is 0.0972. The first kappa shape index (κ1) is 15.4. The molecule has 1 aromatic heterocycles. The van der Waals surface area contributed by atoms with Crippen molar-refractivity contribution in [1.29, 1.82) is 0 Å². The number of para-hydroxylation sites is 1. The van der Waals surface area contributed by atoms with E-state index in [-0.39, 0.29) is 18.0 Å². The molecule has 25 heavy (non-hydrogen) atoms. The minimum atomic E-state index is -0.0972. The van der Waals surface area contributed by atoms with Gasteiger partial charge in [-0.25, -0.2) is 5.43 Å². The molecule has 4 unspecified atom stereocenters. The number of hydrazine groups is 1. The number of hydrogen-bond donors (Lipinski definition) is 4. The fourth-order valence-corrected chi connectivity index (χ4v) is 5.12. The van der Waals surface area contributed by atoms with Crippen LogP contribution in [0.1, 0.15) is 55.8 Å². The van der Waals surface area contributed by atoms with Gasteiger partial charge in [-0.1, -0.05) is 31.0 Å². The molecular weight excluding hydrogens is 312 g/mol. The number of carbonyl (C=O) groups is 1. The van der Waals surface area contributed by atoms with E-state index in [0.29, 0.717) is 12.0 Å². The lowest BCUT2D eigenvalue weighted by molar-refractivity contribution is -0.124. The Morgan fingerprint density at radius 2 is 1.92 bits per heavy atom. The quantitative estimate of drug-likeness (QED) is 0.680. The molecule has 2 aromatic rings. The number of aryl methyl sites for hydroxylation is 1. The van der Waals surface area contributed by atoms with Gasteiger partial charge in [0.15, 0.2) is 0 Å². The van der Waals surface area contributed by atoms with E-state index in [1.54, 1.807) is 0 Å². The summed E-state index contributed by atoms with van der Waals surface area (Å²) >= 11 is 0. The van der Waals surface area contributed by atoms with Crippen molar-refractivity contribution in [1.82, 2.24) is 21.2 Å². The first-order valence-corrected chi connectivity index (χ1v) is 9.72. The number of rotatable bonds is 2. The molecule has 1 saturated heterocycles. The van der Waals surface area contributed by atoms with Gasteiger partial charge in [-0.2, -0.15) is 0 Å². The van der Waals surface area contributed by atoms with Crippen LogP contribution < -0.4 is 16.2 Å². The van der Waals surface area contributed by atoms with E-state index in [0.717, 1.165) is 25.7 Å². The summed E-state index contributed by atoms with van der Waals surface area (Å²) in [4.78, 5) is 16.5. The molecule has 0 radical (unpaired) electrons. The first-order valence-electron chi connectivity index (χ1n) is 9.72. The Kier molecular flexibility index (Phi) is 3.79. The monoisotopic (exact) mass is 338 g/mol. The first-order chi connectivity index (χ1) is 12.3. The molecule has 0 bridgehead atoms. The van der Waals surface area contributed by atoms with Gasteiger partial charge in [-0.3, -0.25) is 10.2 Å². The molecule has 1 aromatic carbocycles. The maximum absolute atomic E-state index is 13.0. The standard InChI is InChI=1S/C20H26N4O/c25-20(19-14-7-2-4-10-16(14)23-24-19)22-17-11-5-8-13-12-6-1-3-9-15(12)21-18(13)17/h1,3,6,9,14,16-17,19,21,23-24H,2,4-5,7-8,10-11H2,(H,22,25). The van der Waals surface area contributed by atoms with Crippen LogP contribution in [0.2, 0.25) is 0 Å². The highest BCUT2D eigenvalue weighted by Gasteiger charge is 2.41. The van der Waals surface area contributed by atoms with Crippen molar-refractivity contribution >= 4 is 16.8 Å². The van der Waals surface area contributed by atoms with Crippen molar-refractivity contribution in [3.63, 3.8) is 0 Å². The molecule has 2 heterocycles. The second-order valence-electron chi connectivity index (χ2n) is 7.84. The van der Waals surface area contributed by atoms with E-state index in [1.807, 2.05) is 0 Å². The van der Waals surface area contributed by atoms with Gasteiger partial charge in [0.1, 0.15) is 6.04 Å². The van der Waals surface area contributed by atoms with Crippen LogP contribution in [-0.4, -0.2) is 23.0 Å². The van der Waals surface area contributed by atoms with E-state index in [4.69, 9.17) is 0 Å². The van der Waals surface area contributed by atoms with Crippen LogP contribution in [0.4, 0.5) is 0 Å². The number of benzene rings is 1. The average molecular weight is 338 g/mol. The molecule has 2 fully saturated rings. The molecule has 3 aliphatic rings. The Balaban J connectivity index is 1.38. The van der Waals surface area contributed by atoms with Crippen molar-refractivity contribution in [3.05, 3.63) is 35.5 Å². The smallest absolute Gasteiger partial charge is 0.239 e. The number of aromatic amines is 1. The predicted molar refractivity (Wildman–Crippen MR) is 97.9 cm³/mol. The molecule has 1 aliphatic heterocycles. The number of fused-ring (bicyclic) bond motifs is 4. The van der Waals surface area contributed by atoms with E-state index in [1.165, 1.54) is 41.4 Å². The highest BCUT2D eigenvalue weighted by molar-refractivity contribution is 5.86. The third-order valence-electron chi connectivity index (χ3n) is 6.39. The molecule has 4 atom stereocenters. The SMILES string of the molecule is O=C(NC1CCCc2c1[nH]c1ccccc21)C1NNC2CCCCC21. The van der Waals surface area contributed by atoms with Gasteiger partial charge in [-0.05, 0) is 43.7 Å². The number of hydrogen-bond acceptors (Lipinski definition) is 3. The van der Waals surface area contributed by atoms with E-state index >= 15 is 0 Å². The van der Waals surface area contributed by atoms with Crippen molar-refractivity contribution in [3.8, 4) is 0 Å². The maximum Gasteiger partial charge on any atom is 0.239 e. The third-order valence-corrected chi connectivity index (χ3v) is 6.39. The predicted octanol–water partition coefficient (Wildman–Crippen LogP) is 2.70. The largest absolute Gasteiger partial charge is 0.356 e. The normalized spacial score (nSPS) is 31.5. The van der Waals surface area contributed by atoms with Crippen LogP contribution in [0.15, 0.2) is 24.3 Å². The lowest BCUT2D eigenvalue weighted by Crippen LogP contribution is -2.47. The van der Waals surface area contributed by atoms with E-state index in [9.17, 15) is 4.79 Å². The number of amides is 1. The number of carbonyl (C=O) groups excluding carboxylic acids is 1. The second-order valence-corrected chi connectivity index (χ2v) is 7.84. The zero-order valence-electron chi connectivity index (χ0n) is 14.5. The Labute approximate surface area is 147 Å². The summed E-state index contributed by atoms with van der Waals surface area (Å²) in [7, 11) is 0. The molecule has 5 heteroatoms. The van der Waals surface area contributed by atoms with Gasteiger partial charge >= 0.3 is 0 Å². The van der Waals surface area contributed by atoms with Gasteiger partial charge in [0.2, 0.25) is 5.91 Å². The zero-order chi connectivity index (χ0) is 16.8. The number of aromatic nitrogens is 1. The van der Waals surface area contributed by atoms with Crippen molar-refractivity contribution in [2.45, 2.75) is 63.1 Å². The fraction of sp³-hybridized carbons (Fsp3) is 0.550. The Hall–Kier alpha value is -1.85. The average Bonchev–Trinajstić information content (AvgIpc) is 3.24. The van der Waals surface area contributed by atoms with Crippen LogP contribution in [0, 0.1) is 5.92 Å². The molecular formula is C20H26N4O. The summed E-state index contributed by atoms with van der Waals surface area (Å²) in [6.07, 6.45) is 8.07. The molecule has 2 aliphatic carbocycles. The molecule has 5 rings (SSSR count). The highest BCUT2D eigenvalue weighted by Crippen LogP contribution is 2.35. The lowest BCUT2D eigenvalue weighted by atomic mass is 9.81. The van der Waals surface area contributed by atoms with Gasteiger partial charge < -0.3 is 10.3 Å². The summed E-state index contributed by atoms with van der Waals surface area (Å²) < 4.78 is 0. The van der Waals surface area contributed by atoms with Crippen LogP contribution >= 0.6 is 0 Å². The molecule has 5 nitrogen and oxygen atoms in total. The summed E-state index contributed by atoms with van der Waals surface area (Å²) in [5, 5.41) is 4.65. The molecule has 1 saturated carbocycles. The van der Waals surface area contributed by atoms with Gasteiger partial charge in [-0.15, -0.1) is 0 Å². The number of nitrogens with one attached hydrogen (secondary N) is 4. The summed E-state index contributed by atoms with van der Waals surface area (Å²) in [5.74, 6) is 0.581. The summed E-state index contributed by atoms with van der Waals surface area (Å²) in [6.45, 7) is 0. The maximum atomic E-state index is 13.0. The molecule has 1 amide bonds. The third kappa shape index (κ3) is 2.57. The van der Waals surface area contributed by atoms with Crippen molar-refractivity contribution < 1.29 is 4.79 Å². The highest BCUT2D eigenvalue weighted by atomic mass is 16.2. The summed E-state index contributed by atoms with van der Waals surface area (Å²) in [5.41, 5.74) is 10.4. The second kappa shape index (κ2) is 6.15. The molecule has 0 spiro atoms. The summed E-state index contributed by atoms with van der Waals surface area (Å²) in [6, 6.07) is 8.93. The number of H-pyrrole nitrogens is 1. The van der Waals surface area contributed by atoms with Gasteiger partial charge in [0.25, 0.3) is 0 Å². The molecule has 132 valence electrons. The Bertz CT molecular complexity index is 798. The Morgan fingerprint density at radius 3 is 2.88 bits per heavy atom. The minimum Gasteiger partial charge on any atom is -0.356 e. The van der Waals surface area contributed by atoms with Crippen molar-refractivity contribution in [2.24, 2.45) is 5.92 Å². The van der Waals surface area contributed by atoms with Crippen LogP contribution in [-0.2, 0) is 11.2 Å². The van der Waals surface area contributed by atoms with Gasteiger partial charge in [0, 0.05) is 28.6 Å². The van der Waals surface area contributed by atoms with Crippen LogP contribution in [0.3, 0.4) is 0 Å². The zero-order valence-corrected chi connectivity index (χ0v) is 14.5. The van der Waals surface area contributed by atoms with Crippen LogP contribution in [0.25, 0.3) is 10.9 Å². The van der Waals surface area contributed by atoms with Crippen molar-refractivity contribution in [2.75, 3.05) is 0 Å². The molecule has 4 N–H and O–H groups in total. The van der Waals surface area contributed by atoms with Gasteiger partial charge in [0.05, 0.1) is 6.04 Å². The topological polar surface area (TPSA) is 69.0 Å². The fourth-order valence-electron chi connectivity index (χ4n) is 5.12. The van der Waals surface area contributed by atoms with E-state index in [2.05, 4.69) is 45.4 Å². The Morgan fingerprint density at radius 1 is 1.04 bits per heavy atom.